The summed E-state index contributed by atoms with van der Waals surface area (Å²) in [5.74, 6) is 0.193. The van der Waals surface area contributed by atoms with Crippen LogP contribution in [-0.2, 0) is 9.53 Å². The van der Waals surface area contributed by atoms with Gasteiger partial charge in [-0.05, 0) is 32.0 Å². The topological polar surface area (TPSA) is 114 Å². The van der Waals surface area contributed by atoms with Crippen LogP contribution >= 0.6 is 0 Å². The Kier molecular flexibility index (Phi) is 8.50. The normalized spacial score (nSPS) is 21.4. The van der Waals surface area contributed by atoms with Gasteiger partial charge < -0.3 is 29.1 Å². The number of hydrogen-bond acceptors (Lipinski definition) is 7. The minimum absolute atomic E-state index is 0.0105. The molecule has 0 fully saturated rings. The van der Waals surface area contributed by atoms with Crippen LogP contribution in [0.3, 0.4) is 0 Å². The number of amides is 3. The molecule has 0 spiro atoms. The van der Waals surface area contributed by atoms with Crippen LogP contribution in [0.1, 0.15) is 53.8 Å². The van der Waals surface area contributed by atoms with Gasteiger partial charge >= 0.3 is 0 Å². The van der Waals surface area contributed by atoms with Crippen molar-refractivity contribution in [3.8, 4) is 5.75 Å². The fraction of sp³-hybridized carbons (Fsp3) is 0.520. The van der Waals surface area contributed by atoms with Crippen molar-refractivity contribution in [1.29, 1.82) is 0 Å². The second kappa shape index (κ2) is 11.4. The van der Waals surface area contributed by atoms with Gasteiger partial charge in [0, 0.05) is 51.3 Å². The molecule has 3 amide bonds. The van der Waals surface area contributed by atoms with E-state index in [2.05, 4.69) is 10.5 Å². The van der Waals surface area contributed by atoms with Crippen molar-refractivity contribution >= 4 is 23.4 Å². The van der Waals surface area contributed by atoms with Crippen LogP contribution in [0.5, 0.6) is 5.75 Å². The quantitative estimate of drug-likeness (QED) is 0.707. The molecule has 1 aromatic heterocycles. The number of benzene rings is 1. The zero-order valence-electron chi connectivity index (χ0n) is 21.2. The highest BCUT2D eigenvalue weighted by Gasteiger charge is 2.30. The van der Waals surface area contributed by atoms with Gasteiger partial charge in [-0.15, -0.1) is 0 Å². The number of carbonyl (C=O) groups excluding carboxylic acids is 3. The fourth-order valence-corrected chi connectivity index (χ4v) is 4.07. The maximum Gasteiger partial charge on any atom is 0.277 e. The molecule has 0 saturated carbocycles. The summed E-state index contributed by atoms with van der Waals surface area (Å²) < 4.78 is 16.7. The fourth-order valence-electron chi connectivity index (χ4n) is 4.07. The van der Waals surface area contributed by atoms with Crippen LogP contribution in [0.25, 0.3) is 0 Å². The van der Waals surface area contributed by atoms with E-state index in [-0.39, 0.29) is 42.2 Å². The molecule has 3 rings (SSSR count). The Morgan fingerprint density at radius 1 is 1.23 bits per heavy atom. The number of likely N-dealkylation sites (N-methyl/N-ethyl adjacent to an activating group) is 1. The molecule has 1 N–H and O–H groups in total. The number of fused-ring (bicyclic) bond motifs is 1. The molecule has 3 atom stereocenters. The molecule has 0 unspecified atom stereocenters. The number of aryl methyl sites for hydroxylation is 1. The summed E-state index contributed by atoms with van der Waals surface area (Å²) in [7, 11) is 3.30. The number of nitrogens with one attached hydrogen (secondary N) is 1. The Bertz CT molecular complexity index is 1070. The molecule has 10 nitrogen and oxygen atoms in total. The van der Waals surface area contributed by atoms with E-state index < -0.39 is 5.91 Å². The molecule has 2 aromatic rings. The lowest BCUT2D eigenvalue weighted by Gasteiger charge is -2.36. The Morgan fingerprint density at radius 3 is 2.60 bits per heavy atom. The van der Waals surface area contributed by atoms with Crippen molar-refractivity contribution in [2.45, 2.75) is 46.3 Å². The van der Waals surface area contributed by atoms with Crippen LogP contribution in [-0.4, -0.2) is 78.7 Å². The number of rotatable bonds is 4. The number of hydrogen-bond donors (Lipinski definition) is 1. The Hall–Kier alpha value is -3.40. The first kappa shape index (κ1) is 26.2. The standard InChI is InChI=1S/C25H34N4O6/c1-7-23(30)29-12-15(2)22(33-6)13-28(5)25(32)19-11-18(8-9-21(19)34-14-16(29)3)26-24(31)20-10-17(4)35-27-20/h8-11,15-16,22H,7,12-14H2,1-6H3,(H,26,31)/t15-,16-,22-/m1/s1. The van der Waals surface area contributed by atoms with Gasteiger partial charge in [-0.25, -0.2) is 0 Å². The van der Waals surface area contributed by atoms with E-state index in [9.17, 15) is 14.4 Å². The van der Waals surface area contributed by atoms with E-state index in [1.165, 1.54) is 6.07 Å². The van der Waals surface area contributed by atoms with Crippen LogP contribution in [0, 0.1) is 12.8 Å². The molecule has 2 heterocycles. The minimum Gasteiger partial charge on any atom is -0.491 e. The second-order valence-corrected chi connectivity index (χ2v) is 8.98. The molecule has 0 bridgehead atoms. The smallest absolute Gasteiger partial charge is 0.277 e. The van der Waals surface area contributed by atoms with Crippen molar-refractivity contribution in [2.24, 2.45) is 5.92 Å². The highest BCUT2D eigenvalue weighted by atomic mass is 16.5. The van der Waals surface area contributed by atoms with Gasteiger partial charge in [-0.1, -0.05) is 19.0 Å². The summed E-state index contributed by atoms with van der Waals surface area (Å²) in [5.41, 5.74) is 0.853. The van der Waals surface area contributed by atoms with E-state index in [0.717, 1.165) is 0 Å². The molecule has 0 radical (unpaired) electrons. The van der Waals surface area contributed by atoms with Gasteiger partial charge in [0.2, 0.25) is 5.91 Å². The summed E-state index contributed by atoms with van der Waals surface area (Å²) >= 11 is 0. The number of methoxy groups -OCH3 is 1. The maximum atomic E-state index is 13.4. The minimum atomic E-state index is -0.452. The van der Waals surface area contributed by atoms with E-state index in [1.54, 1.807) is 44.2 Å². The van der Waals surface area contributed by atoms with Gasteiger partial charge in [0.25, 0.3) is 11.8 Å². The average Bonchev–Trinajstić information content (AvgIpc) is 3.29. The van der Waals surface area contributed by atoms with Gasteiger partial charge in [0.15, 0.2) is 5.69 Å². The summed E-state index contributed by atoms with van der Waals surface area (Å²) in [6.07, 6.45) is 0.114. The molecule has 0 saturated heterocycles. The first-order valence-electron chi connectivity index (χ1n) is 11.7. The highest BCUT2D eigenvalue weighted by Crippen LogP contribution is 2.27. The number of carbonyl (C=O) groups is 3. The van der Waals surface area contributed by atoms with Crippen LogP contribution in [0.15, 0.2) is 28.8 Å². The Morgan fingerprint density at radius 2 is 1.97 bits per heavy atom. The van der Waals surface area contributed by atoms with Gasteiger partial charge in [0.05, 0.1) is 17.7 Å². The molecule has 10 heteroatoms. The maximum absolute atomic E-state index is 13.4. The number of anilines is 1. The number of nitrogens with zero attached hydrogens (tertiary/aromatic N) is 3. The largest absolute Gasteiger partial charge is 0.491 e. The third-order valence-electron chi connectivity index (χ3n) is 6.19. The third-order valence-corrected chi connectivity index (χ3v) is 6.19. The molecular formula is C25H34N4O6. The van der Waals surface area contributed by atoms with Crippen molar-refractivity contribution in [3.63, 3.8) is 0 Å². The summed E-state index contributed by atoms with van der Waals surface area (Å²) in [5, 5.41) is 6.47. The van der Waals surface area contributed by atoms with E-state index >= 15 is 0 Å². The molecule has 1 aliphatic rings. The zero-order chi connectivity index (χ0) is 25.7. The molecule has 35 heavy (non-hydrogen) atoms. The molecule has 0 aliphatic carbocycles. The third kappa shape index (κ3) is 6.19. The molecule has 190 valence electrons. The molecule has 1 aliphatic heterocycles. The lowest BCUT2D eigenvalue weighted by Crippen LogP contribution is -2.48. The second-order valence-electron chi connectivity index (χ2n) is 8.98. The van der Waals surface area contributed by atoms with Crippen molar-refractivity contribution in [3.05, 3.63) is 41.3 Å². The highest BCUT2D eigenvalue weighted by molar-refractivity contribution is 6.04. The first-order valence-corrected chi connectivity index (χ1v) is 11.7. The predicted octanol–water partition coefficient (Wildman–Crippen LogP) is 2.98. The van der Waals surface area contributed by atoms with Gasteiger partial charge in [-0.2, -0.15) is 0 Å². The SMILES string of the molecule is CCC(=O)N1C[C@@H](C)[C@H](OC)CN(C)C(=O)c2cc(NC(=O)c3cc(C)on3)ccc2OC[C@H]1C. The van der Waals surface area contributed by atoms with E-state index in [0.29, 0.717) is 42.3 Å². The monoisotopic (exact) mass is 486 g/mol. The Labute approximate surface area is 205 Å². The Balaban J connectivity index is 1.94. The average molecular weight is 487 g/mol. The lowest BCUT2D eigenvalue weighted by atomic mass is 10.0. The van der Waals surface area contributed by atoms with Crippen molar-refractivity contribution < 1.29 is 28.4 Å². The predicted molar refractivity (Wildman–Crippen MR) is 130 cm³/mol. The van der Waals surface area contributed by atoms with Crippen molar-refractivity contribution in [2.75, 3.05) is 39.2 Å². The van der Waals surface area contributed by atoms with Crippen LogP contribution < -0.4 is 10.1 Å². The summed E-state index contributed by atoms with van der Waals surface area (Å²) in [6, 6.07) is 6.20. The van der Waals surface area contributed by atoms with Gasteiger partial charge in [0.1, 0.15) is 18.1 Å². The summed E-state index contributed by atoms with van der Waals surface area (Å²) in [4.78, 5) is 42.0. The number of aromatic nitrogens is 1. The molecule has 1 aromatic carbocycles. The first-order chi connectivity index (χ1) is 16.6. The van der Waals surface area contributed by atoms with Gasteiger partial charge in [-0.3, -0.25) is 14.4 Å². The zero-order valence-corrected chi connectivity index (χ0v) is 21.2. The van der Waals surface area contributed by atoms with Crippen LogP contribution in [0.4, 0.5) is 5.69 Å². The van der Waals surface area contributed by atoms with Crippen molar-refractivity contribution in [1.82, 2.24) is 15.0 Å². The lowest BCUT2D eigenvalue weighted by molar-refractivity contribution is -0.135. The van der Waals surface area contributed by atoms with E-state index in [4.69, 9.17) is 14.0 Å². The molecular weight excluding hydrogens is 452 g/mol. The van der Waals surface area contributed by atoms with E-state index in [1.807, 2.05) is 25.7 Å². The van der Waals surface area contributed by atoms with Crippen LogP contribution in [0.2, 0.25) is 0 Å². The summed E-state index contributed by atoms with van der Waals surface area (Å²) in [6.45, 7) is 8.50. The number of ether oxygens (including phenoxy) is 2.